The normalized spacial score (nSPS) is 12.2. The Kier molecular flexibility index (Phi) is 7.82. The molecule has 16 rings (SSSR count). The van der Waals surface area contributed by atoms with Crippen LogP contribution in [0.15, 0.2) is 237 Å². The van der Waals surface area contributed by atoms with E-state index in [9.17, 15) is 0 Å². The number of benzene rings is 12. The number of aromatic nitrogens is 5. The van der Waals surface area contributed by atoms with Gasteiger partial charge in [0.05, 0.1) is 38.6 Å². The Bertz CT molecular complexity index is 4880. The van der Waals surface area contributed by atoms with Crippen LogP contribution in [0.2, 0.25) is 0 Å². The molecule has 0 fully saturated rings. The first-order valence-corrected chi connectivity index (χ1v) is 24.3. The Labute approximate surface area is 406 Å². The molecule has 4 aromatic heterocycles. The van der Waals surface area contributed by atoms with Gasteiger partial charge in [0.25, 0.3) is 0 Å². The van der Waals surface area contributed by atoms with Crippen LogP contribution in [-0.4, -0.2) is 23.7 Å². The average Bonchev–Trinajstić information content (AvgIpc) is 4.10. The van der Waals surface area contributed by atoms with Crippen molar-refractivity contribution in [1.29, 1.82) is 0 Å². The molecule has 328 valence electrons. The van der Waals surface area contributed by atoms with Crippen LogP contribution in [0.3, 0.4) is 0 Å². The molecular formula is C66H39N5. The summed E-state index contributed by atoms with van der Waals surface area (Å²) in [5.41, 5.74) is 11.0. The van der Waals surface area contributed by atoms with Gasteiger partial charge in [0.1, 0.15) is 5.82 Å². The Morgan fingerprint density at radius 1 is 0.268 bits per heavy atom. The van der Waals surface area contributed by atoms with Crippen molar-refractivity contribution >= 4 is 119 Å². The average molecular weight is 902 g/mol. The van der Waals surface area contributed by atoms with E-state index in [2.05, 4.69) is 250 Å². The molecule has 0 saturated heterocycles. The van der Waals surface area contributed by atoms with E-state index in [-0.39, 0.29) is 0 Å². The Balaban J connectivity index is 1.03. The van der Waals surface area contributed by atoms with Crippen molar-refractivity contribution < 1.29 is 0 Å². The van der Waals surface area contributed by atoms with E-state index in [1.54, 1.807) is 0 Å². The lowest BCUT2D eigenvalue weighted by Crippen LogP contribution is -2.03. The number of hydrogen-bond acceptors (Lipinski definition) is 2. The molecule has 71 heavy (non-hydrogen) atoms. The highest BCUT2D eigenvalue weighted by Crippen LogP contribution is 2.51. The van der Waals surface area contributed by atoms with Gasteiger partial charge in [-0.2, -0.15) is 0 Å². The summed E-state index contributed by atoms with van der Waals surface area (Å²) in [6.45, 7) is 0. The minimum absolute atomic E-state index is 0.676. The quantitative estimate of drug-likeness (QED) is 0.165. The number of nitrogens with zero attached hydrogens (tertiary/aromatic N) is 5. The molecule has 0 radical (unpaired) electrons. The Morgan fingerprint density at radius 3 is 1.34 bits per heavy atom. The first-order valence-electron chi connectivity index (χ1n) is 24.3. The van der Waals surface area contributed by atoms with Crippen molar-refractivity contribution in [2.24, 2.45) is 0 Å². The smallest absolute Gasteiger partial charge is 0.162 e. The van der Waals surface area contributed by atoms with E-state index in [1.165, 1.54) is 97.5 Å². The van der Waals surface area contributed by atoms with Gasteiger partial charge in [0, 0.05) is 70.8 Å². The topological polar surface area (TPSA) is 40.6 Å². The van der Waals surface area contributed by atoms with E-state index < -0.39 is 0 Å². The number of hydrogen-bond donors (Lipinski definition) is 0. The fourth-order valence-electron chi connectivity index (χ4n) is 12.2. The molecule has 12 aromatic carbocycles. The summed E-state index contributed by atoms with van der Waals surface area (Å²) in [7, 11) is 0. The standard InChI is InChI=1S/C66H39N5/c1-2-18-42-39-44(38-33-40(42)17-1)70-57-31-15-10-26-52(57)60-62-59(47-21-3-5-23-49(47)63(60)70)48-22-4-6-24-50(48)64-61(62)53-27-11-16-32-58(53)71(64)66-51-25-7-12-28-54(51)67-65(68-66)41-34-36-43(37-35-41)69-55-29-13-8-19-45(55)46-20-9-14-30-56(46)69/h1-39H. The van der Waals surface area contributed by atoms with Crippen LogP contribution < -0.4 is 0 Å². The van der Waals surface area contributed by atoms with Gasteiger partial charge < -0.3 is 9.13 Å². The first kappa shape index (κ1) is 38.4. The second-order valence-corrected chi connectivity index (χ2v) is 18.8. The molecule has 0 unspecified atom stereocenters. The van der Waals surface area contributed by atoms with E-state index in [1.807, 2.05) is 0 Å². The summed E-state index contributed by atoms with van der Waals surface area (Å²) in [4.78, 5) is 11.0. The van der Waals surface area contributed by atoms with Crippen molar-refractivity contribution in [1.82, 2.24) is 23.7 Å². The van der Waals surface area contributed by atoms with Crippen molar-refractivity contribution in [2.45, 2.75) is 0 Å². The Morgan fingerprint density at radius 2 is 0.718 bits per heavy atom. The van der Waals surface area contributed by atoms with Crippen molar-refractivity contribution in [3.05, 3.63) is 237 Å². The molecule has 0 aliphatic carbocycles. The summed E-state index contributed by atoms with van der Waals surface area (Å²) in [6.07, 6.45) is 0. The summed E-state index contributed by atoms with van der Waals surface area (Å²) in [6, 6.07) is 86.0. The molecule has 16 aromatic rings. The van der Waals surface area contributed by atoms with E-state index >= 15 is 0 Å². The van der Waals surface area contributed by atoms with Gasteiger partial charge in [-0.3, -0.25) is 4.57 Å². The summed E-state index contributed by atoms with van der Waals surface area (Å²) >= 11 is 0. The zero-order valence-corrected chi connectivity index (χ0v) is 38.3. The molecule has 0 bridgehead atoms. The van der Waals surface area contributed by atoms with Gasteiger partial charge in [0.2, 0.25) is 0 Å². The van der Waals surface area contributed by atoms with E-state index in [0.717, 1.165) is 44.7 Å². The number of fused-ring (bicyclic) bond motifs is 20. The molecular weight excluding hydrogens is 863 g/mol. The molecule has 0 aliphatic rings. The lowest BCUT2D eigenvalue weighted by atomic mass is 9.89. The lowest BCUT2D eigenvalue weighted by molar-refractivity contribution is 1.08. The van der Waals surface area contributed by atoms with Crippen LogP contribution >= 0.6 is 0 Å². The zero-order chi connectivity index (χ0) is 46.3. The SMILES string of the molecule is c1ccc2cc(-n3c4ccccc4c4c5c(c6ccccc6c43)c3ccccc3c3c5c4ccccc4n3-c3nc(-c4ccc(-n5c6ccccc6c6ccccc65)cc4)nc4ccccc34)ccc2c1. The predicted octanol–water partition coefficient (Wildman–Crippen LogP) is 17.2. The van der Waals surface area contributed by atoms with Gasteiger partial charge in [-0.25, -0.2) is 9.97 Å². The van der Waals surface area contributed by atoms with Crippen LogP contribution in [0.4, 0.5) is 0 Å². The van der Waals surface area contributed by atoms with Crippen LogP contribution in [0.25, 0.3) is 148 Å². The molecule has 4 heterocycles. The van der Waals surface area contributed by atoms with Crippen molar-refractivity contribution in [3.8, 4) is 28.6 Å². The van der Waals surface area contributed by atoms with Crippen LogP contribution in [0.5, 0.6) is 0 Å². The molecule has 0 N–H and O–H groups in total. The maximum absolute atomic E-state index is 5.66. The van der Waals surface area contributed by atoms with Crippen LogP contribution in [0.1, 0.15) is 0 Å². The second-order valence-electron chi connectivity index (χ2n) is 18.8. The maximum atomic E-state index is 5.66. The first-order chi connectivity index (χ1) is 35.3. The van der Waals surface area contributed by atoms with Crippen LogP contribution in [-0.2, 0) is 0 Å². The van der Waals surface area contributed by atoms with Gasteiger partial charge in [-0.15, -0.1) is 0 Å². The predicted molar refractivity (Wildman–Crippen MR) is 298 cm³/mol. The third-order valence-electron chi connectivity index (χ3n) is 15.2. The van der Waals surface area contributed by atoms with E-state index in [4.69, 9.17) is 9.97 Å². The molecule has 0 spiro atoms. The van der Waals surface area contributed by atoms with Gasteiger partial charge in [0.15, 0.2) is 5.82 Å². The molecule has 0 aliphatic heterocycles. The van der Waals surface area contributed by atoms with Crippen molar-refractivity contribution in [3.63, 3.8) is 0 Å². The van der Waals surface area contributed by atoms with Crippen molar-refractivity contribution in [2.75, 3.05) is 0 Å². The second kappa shape index (κ2) is 14.5. The third-order valence-corrected chi connectivity index (χ3v) is 15.2. The zero-order valence-electron chi connectivity index (χ0n) is 38.3. The monoisotopic (exact) mass is 901 g/mol. The summed E-state index contributed by atoms with van der Waals surface area (Å²) < 4.78 is 7.31. The minimum atomic E-state index is 0.676. The largest absolute Gasteiger partial charge is 0.309 e. The number of para-hydroxylation sites is 5. The molecule has 0 atom stereocenters. The van der Waals surface area contributed by atoms with Gasteiger partial charge >= 0.3 is 0 Å². The summed E-state index contributed by atoms with van der Waals surface area (Å²) in [5.74, 6) is 1.53. The van der Waals surface area contributed by atoms with Gasteiger partial charge in [-0.05, 0) is 99.7 Å². The third kappa shape index (κ3) is 5.29. The summed E-state index contributed by atoms with van der Waals surface area (Å²) in [5, 5.41) is 18.1. The van der Waals surface area contributed by atoms with Crippen LogP contribution in [0, 0.1) is 0 Å². The highest BCUT2D eigenvalue weighted by molar-refractivity contribution is 6.45. The fourth-order valence-corrected chi connectivity index (χ4v) is 12.2. The maximum Gasteiger partial charge on any atom is 0.162 e. The minimum Gasteiger partial charge on any atom is -0.309 e. The molecule has 5 nitrogen and oxygen atoms in total. The molecule has 0 amide bonds. The Hall–Kier alpha value is -9.58. The lowest BCUT2D eigenvalue weighted by Gasteiger charge is -2.17. The molecule has 5 heteroatoms. The fraction of sp³-hybridized carbons (Fsp3) is 0. The van der Waals surface area contributed by atoms with E-state index in [0.29, 0.717) is 5.82 Å². The highest BCUT2D eigenvalue weighted by atomic mass is 15.1. The number of rotatable bonds is 4. The van der Waals surface area contributed by atoms with Gasteiger partial charge in [-0.1, -0.05) is 164 Å². The highest BCUT2D eigenvalue weighted by Gasteiger charge is 2.27. The molecule has 0 saturated carbocycles.